The van der Waals surface area contributed by atoms with Gasteiger partial charge in [-0.25, -0.2) is 9.97 Å². The number of likely N-dealkylation sites (N-methyl/N-ethyl adjacent to an activating group) is 1. The zero-order valence-corrected chi connectivity index (χ0v) is 22.2. The molecular formula is C29H30F3N5O3. The molecule has 11 heteroatoms. The molecule has 1 atom stereocenters. The van der Waals surface area contributed by atoms with Crippen molar-refractivity contribution >= 4 is 34.0 Å². The number of amides is 1. The molecule has 0 radical (unpaired) electrons. The number of carbonyl (C=O) groups excluding carboxylic acids is 1. The minimum atomic E-state index is -4.58. The van der Waals surface area contributed by atoms with Crippen LogP contribution in [0, 0.1) is 12.3 Å². The summed E-state index contributed by atoms with van der Waals surface area (Å²) in [4.78, 5) is 23.5. The highest BCUT2D eigenvalue weighted by Crippen LogP contribution is 2.36. The van der Waals surface area contributed by atoms with Gasteiger partial charge in [-0.1, -0.05) is 25.8 Å². The Labute approximate surface area is 230 Å². The average molecular weight is 554 g/mol. The maximum absolute atomic E-state index is 13.4. The van der Waals surface area contributed by atoms with Gasteiger partial charge in [0.15, 0.2) is 0 Å². The number of benzene rings is 2. The van der Waals surface area contributed by atoms with E-state index in [2.05, 4.69) is 31.4 Å². The predicted molar refractivity (Wildman–Crippen MR) is 148 cm³/mol. The van der Waals surface area contributed by atoms with Gasteiger partial charge in [-0.15, -0.1) is 6.42 Å². The number of alkyl halides is 3. The second-order valence-corrected chi connectivity index (χ2v) is 9.13. The first kappa shape index (κ1) is 28.9. The minimum absolute atomic E-state index is 0.0645. The van der Waals surface area contributed by atoms with Crippen LogP contribution in [0.25, 0.3) is 10.9 Å². The lowest BCUT2D eigenvalue weighted by atomic mass is 10.1. The van der Waals surface area contributed by atoms with Crippen molar-refractivity contribution in [1.82, 2.24) is 14.9 Å². The van der Waals surface area contributed by atoms with Crippen LogP contribution in [0.15, 0.2) is 48.8 Å². The Bertz CT molecular complexity index is 1420. The lowest BCUT2D eigenvalue weighted by Gasteiger charge is -2.18. The monoisotopic (exact) mass is 553 g/mol. The average Bonchev–Trinajstić information content (AvgIpc) is 3.44. The van der Waals surface area contributed by atoms with Crippen molar-refractivity contribution in [3.8, 4) is 18.1 Å². The summed E-state index contributed by atoms with van der Waals surface area (Å²) in [5.41, 5.74) is 0.113. The first-order valence-electron chi connectivity index (χ1n) is 12.9. The standard InChI is InChI=1S/C29H30F3N5O3/c1-4-19-12-20(29(30,31)32)14-21(13-19)35-28-23-15-25(36-27(38)8-7-10-37(5-2)6-3)26(16-24(23)33-18-34-28)40-22-9-11-39-17-22/h1,7-8,12-16,18,22H,5-6,9-11,17H2,2-3H3,(H,36,38)(H,33,34,35)/b8-7+. The van der Waals surface area contributed by atoms with Gasteiger partial charge in [0.25, 0.3) is 0 Å². The number of hydrogen-bond acceptors (Lipinski definition) is 7. The summed E-state index contributed by atoms with van der Waals surface area (Å²) in [5, 5.41) is 6.24. The number of nitrogens with one attached hydrogen (secondary N) is 2. The number of ether oxygens (including phenoxy) is 2. The summed E-state index contributed by atoms with van der Waals surface area (Å²) in [7, 11) is 0. The number of terminal acetylenes is 1. The van der Waals surface area contributed by atoms with Crippen molar-refractivity contribution in [2.24, 2.45) is 0 Å². The van der Waals surface area contributed by atoms with Crippen molar-refractivity contribution < 1.29 is 27.4 Å². The lowest BCUT2D eigenvalue weighted by molar-refractivity contribution is -0.137. The SMILES string of the molecule is C#Cc1cc(Nc2ncnc3cc(OC4CCOC4)c(NC(=O)/C=C/CN(CC)CC)cc23)cc(C(F)(F)F)c1. The van der Waals surface area contributed by atoms with Crippen molar-refractivity contribution in [1.29, 1.82) is 0 Å². The summed E-state index contributed by atoms with van der Waals surface area (Å²) in [5.74, 6) is 2.52. The summed E-state index contributed by atoms with van der Waals surface area (Å²) in [6, 6.07) is 6.57. The minimum Gasteiger partial charge on any atom is -0.486 e. The Morgan fingerprint density at radius 2 is 2.02 bits per heavy atom. The third-order valence-electron chi connectivity index (χ3n) is 6.39. The van der Waals surface area contributed by atoms with Crippen molar-refractivity contribution in [3.63, 3.8) is 0 Å². The number of halogens is 3. The number of rotatable bonds is 10. The zero-order chi connectivity index (χ0) is 28.7. The maximum Gasteiger partial charge on any atom is 0.416 e. The molecule has 1 aliphatic heterocycles. The number of carbonyl (C=O) groups is 1. The fourth-order valence-corrected chi connectivity index (χ4v) is 4.21. The normalized spacial score (nSPS) is 15.5. The van der Waals surface area contributed by atoms with E-state index in [-0.39, 0.29) is 29.1 Å². The molecule has 0 bridgehead atoms. The molecule has 2 N–H and O–H groups in total. The van der Waals surface area contributed by atoms with E-state index in [0.29, 0.717) is 48.5 Å². The van der Waals surface area contributed by atoms with Gasteiger partial charge in [-0.2, -0.15) is 13.2 Å². The molecule has 1 aliphatic rings. The molecule has 0 spiro atoms. The summed E-state index contributed by atoms with van der Waals surface area (Å²) in [6.45, 7) is 7.42. The first-order valence-corrected chi connectivity index (χ1v) is 12.9. The highest BCUT2D eigenvalue weighted by atomic mass is 19.4. The smallest absolute Gasteiger partial charge is 0.416 e. The molecule has 1 fully saturated rings. The molecule has 1 saturated heterocycles. The van der Waals surface area contributed by atoms with Crippen LogP contribution < -0.4 is 15.4 Å². The number of nitrogens with zero attached hydrogens (tertiary/aromatic N) is 3. The number of fused-ring (bicyclic) bond motifs is 1. The molecule has 2 heterocycles. The zero-order valence-electron chi connectivity index (χ0n) is 22.2. The van der Waals surface area contributed by atoms with Crippen molar-refractivity contribution in [3.05, 3.63) is 59.9 Å². The Morgan fingerprint density at radius 3 is 2.70 bits per heavy atom. The Morgan fingerprint density at radius 1 is 1.23 bits per heavy atom. The second kappa shape index (κ2) is 12.8. The van der Waals surface area contributed by atoms with Crippen LogP contribution >= 0.6 is 0 Å². The highest BCUT2D eigenvalue weighted by molar-refractivity contribution is 6.03. The van der Waals surface area contributed by atoms with Gasteiger partial charge >= 0.3 is 6.18 Å². The summed E-state index contributed by atoms with van der Waals surface area (Å²) < 4.78 is 51.9. The third-order valence-corrected chi connectivity index (χ3v) is 6.39. The molecule has 1 aromatic heterocycles. The molecule has 210 valence electrons. The third kappa shape index (κ3) is 7.28. The lowest BCUT2D eigenvalue weighted by Crippen LogP contribution is -2.23. The van der Waals surface area contributed by atoms with Crippen LogP contribution in [-0.2, 0) is 15.7 Å². The van der Waals surface area contributed by atoms with Crippen LogP contribution in [0.2, 0.25) is 0 Å². The summed E-state index contributed by atoms with van der Waals surface area (Å²) in [6.07, 6.45) is 5.83. The topological polar surface area (TPSA) is 88.6 Å². The van der Waals surface area contributed by atoms with E-state index in [9.17, 15) is 18.0 Å². The van der Waals surface area contributed by atoms with Gasteiger partial charge in [0, 0.05) is 41.7 Å². The van der Waals surface area contributed by atoms with Gasteiger partial charge in [-0.3, -0.25) is 4.79 Å². The van der Waals surface area contributed by atoms with Gasteiger partial charge in [0.1, 0.15) is 24.0 Å². The Hall–Kier alpha value is -4.14. The molecule has 40 heavy (non-hydrogen) atoms. The van der Waals surface area contributed by atoms with Crippen LogP contribution in [0.5, 0.6) is 5.75 Å². The number of aromatic nitrogens is 2. The fourth-order valence-electron chi connectivity index (χ4n) is 4.21. The van der Waals surface area contributed by atoms with Gasteiger partial charge < -0.3 is 25.0 Å². The molecule has 1 unspecified atom stereocenters. The molecule has 0 aliphatic carbocycles. The molecule has 1 amide bonds. The molecule has 4 rings (SSSR count). The Balaban J connectivity index is 1.69. The van der Waals surface area contributed by atoms with Crippen LogP contribution in [0.3, 0.4) is 0 Å². The molecule has 8 nitrogen and oxygen atoms in total. The summed E-state index contributed by atoms with van der Waals surface area (Å²) >= 11 is 0. The quantitative estimate of drug-likeness (QED) is 0.258. The van der Waals surface area contributed by atoms with E-state index in [4.69, 9.17) is 15.9 Å². The van der Waals surface area contributed by atoms with Crippen LogP contribution in [0.1, 0.15) is 31.4 Å². The maximum atomic E-state index is 13.4. The van der Waals surface area contributed by atoms with E-state index in [1.165, 1.54) is 18.5 Å². The Kier molecular flexibility index (Phi) is 9.24. The molecular weight excluding hydrogens is 523 g/mol. The number of anilines is 3. The molecule has 3 aromatic rings. The predicted octanol–water partition coefficient (Wildman–Crippen LogP) is 5.38. The van der Waals surface area contributed by atoms with Crippen molar-refractivity contribution in [2.75, 3.05) is 43.5 Å². The van der Waals surface area contributed by atoms with E-state index >= 15 is 0 Å². The first-order chi connectivity index (χ1) is 19.2. The molecule has 2 aromatic carbocycles. The highest BCUT2D eigenvalue weighted by Gasteiger charge is 2.31. The van der Waals surface area contributed by atoms with Crippen LogP contribution in [0.4, 0.5) is 30.4 Å². The van der Waals surface area contributed by atoms with E-state index in [1.807, 2.05) is 13.8 Å². The largest absolute Gasteiger partial charge is 0.486 e. The second-order valence-electron chi connectivity index (χ2n) is 9.13. The molecule has 0 saturated carbocycles. The van der Waals surface area contributed by atoms with Gasteiger partial charge in [0.05, 0.1) is 30.0 Å². The van der Waals surface area contributed by atoms with E-state index in [0.717, 1.165) is 25.2 Å². The van der Waals surface area contributed by atoms with Crippen LogP contribution in [-0.4, -0.2) is 59.7 Å². The van der Waals surface area contributed by atoms with Crippen molar-refractivity contribution in [2.45, 2.75) is 32.5 Å². The van der Waals surface area contributed by atoms with E-state index in [1.54, 1.807) is 18.2 Å². The fraction of sp³-hybridized carbons (Fsp3) is 0.345. The van der Waals surface area contributed by atoms with Gasteiger partial charge in [-0.05, 0) is 37.4 Å². The van der Waals surface area contributed by atoms with E-state index < -0.39 is 11.7 Å². The van der Waals surface area contributed by atoms with Gasteiger partial charge in [0.2, 0.25) is 5.91 Å². The number of hydrogen-bond donors (Lipinski definition) is 2.